The zero-order valence-corrected chi connectivity index (χ0v) is 20.3. The second kappa shape index (κ2) is 28.8. The summed E-state index contributed by atoms with van der Waals surface area (Å²) in [6.45, 7) is 6.65. The van der Waals surface area contributed by atoms with E-state index in [-0.39, 0.29) is 19.1 Å². The van der Waals surface area contributed by atoms with E-state index >= 15 is 0 Å². The summed E-state index contributed by atoms with van der Waals surface area (Å²) in [6.07, 6.45) is 0. The minimum atomic E-state index is -3.59. The first kappa shape index (κ1) is 34.4. The van der Waals surface area contributed by atoms with Gasteiger partial charge in [0.2, 0.25) is 5.91 Å². The largest absolute Gasteiger partial charge is 0.400 e. The Labute approximate surface area is 185 Å². The van der Waals surface area contributed by atoms with Gasteiger partial charge >= 0.3 is 6.72 Å². The predicted octanol–water partition coefficient (Wildman–Crippen LogP) is 0.0659. The van der Waals surface area contributed by atoms with Crippen LogP contribution in [-0.2, 0) is 44.8 Å². The van der Waals surface area contributed by atoms with Crippen LogP contribution in [0.15, 0.2) is 0 Å². The molecule has 0 bridgehead atoms. The molecule has 0 aromatic carbocycles. The molecule has 0 aliphatic rings. The minimum absolute atomic E-state index is 0.0354. The zero-order chi connectivity index (χ0) is 23.5. The van der Waals surface area contributed by atoms with E-state index in [1.807, 2.05) is 13.8 Å². The summed E-state index contributed by atoms with van der Waals surface area (Å²) in [6, 6.07) is 0. The van der Waals surface area contributed by atoms with E-state index in [4.69, 9.17) is 38.6 Å². The molecule has 0 rings (SSSR count). The predicted molar refractivity (Wildman–Crippen MR) is 117 cm³/mol. The van der Waals surface area contributed by atoms with Crippen molar-refractivity contribution in [1.82, 2.24) is 5.32 Å². The van der Waals surface area contributed by atoms with Gasteiger partial charge in [0, 0.05) is 20.6 Å². The molecule has 4 N–H and O–H groups in total. The van der Waals surface area contributed by atoms with E-state index in [1.54, 1.807) is 0 Å². The molecule has 0 heterocycles. The summed E-state index contributed by atoms with van der Waals surface area (Å²) in [5, 5.41) is 9.63. The van der Waals surface area contributed by atoms with Gasteiger partial charge in [-0.2, -0.15) is 0 Å². The molecule has 0 aliphatic heterocycles. The third-order valence-electron chi connectivity index (χ3n) is 2.60. The van der Waals surface area contributed by atoms with Gasteiger partial charge in [-0.3, -0.25) is 4.79 Å². The van der Waals surface area contributed by atoms with Gasteiger partial charge in [-0.25, -0.2) is 0 Å². The molecule has 13 heteroatoms. The Hall–Kier alpha value is -0.240. The van der Waals surface area contributed by atoms with Crippen molar-refractivity contribution in [2.75, 3.05) is 86.3 Å². The maximum atomic E-state index is 10.6. The summed E-state index contributed by atoms with van der Waals surface area (Å²) in [4.78, 5) is 28.2. The van der Waals surface area contributed by atoms with E-state index in [2.05, 4.69) is 21.6 Å². The van der Waals surface area contributed by atoms with Crippen molar-refractivity contribution in [3.8, 4) is 0 Å². The second-order valence-electron chi connectivity index (χ2n) is 4.87. The summed E-state index contributed by atoms with van der Waals surface area (Å²) >= 11 is 4.29. The fraction of sp³-hybridized carbons (Fsp3) is 0.941. The molecule has 0 spiro atoms. The van der Waals surface area contributed by atoms with E-state index in [1.165, 1.54) is 6.92 Å². The topological polar surface area (TPSA) is 145 Å². The lowest BCUT2D eigenvalue weighted by Gasteiger charge is -2.09. The molecule has 30 heavy (non-hydrogen) atoms. The number of carbonyl (C=O) groups is 1. The number of rotatable bonds is 19. The molecule has 0 saturated carbocycles. The van der Waals surface area contributed by atoms with Gasteiger partial charge in [-0.15, -0.1) is 0 Å². The van der Waals surface area contributed by atoms with Gasteiger partial charge in [0.1, 0.15) is 0 Å². The van der Waals surface area contributed by atoms with Crippen molar-refractivity contribution in [3.05, 3.63) is 0 Å². The van der Waals surface area contributed by atoms with E-state index < -0.39 is 6.72 Å². The van der Waals surface area contributed by atoms with Crippen molar-refractivity contribution in [2.24, 2.45) is 0 Å². The number of aliphatic hydroxyl groups excluding tert-OH is 1. The average molecular weight is 482 g/mol. The van der Waals surface area contributed by atoms with Crippen LogP contribution in [0.1, 0.15) is 20.8 Å². The van der Waals surface area contributed by atoms with Crippen LogP contribution < -0.4 is 5.32 Å². The number of carbonyl (C=O) groups excluding carboxylic acids is 1. The summed E-state index contributed by atoms with van der Waals surface area (Å²) in [5.41, 5.74) is 0. The van der Waals surface area contributed by atoms with Crippen LogP contribution in [0.3, 0.4) is 0 Å². The third-order valence-corrected chi connectivity index (χ3v) is 3.43. The summed E-state index contributed by atoms with van der Waals surface area (Å²) in [5.74, 6) is -0.0706. The van der Waals surface area contributed by atoms with Crippen LogP contribution in [0.2, 0.25) is 0 Å². The zero-order valence-electron chi connectivity index (χ0n) is 18.5. The fourth-order valence-corrected chi connectivity index (χ4v) is 2.03. The molecule has 0 unspecified atom stereocenters. The number of aliphatic hydroxyl groups is 1. The standard InChI is InChI=1S/C14H30NO9PS.C2H6.CH4O/c1-14(16)15-2-3-19-4-5-20-6-7-21-8-9-22-10-11-23-12-13-24-25(17,18)26;2*1-2/h2-13H2,1H3,(H,15,16)(H2,17,18,26);1-2H3;2H,1H3. The number of amides is 1. The van der Waals surface area contributed by atoms with Crippen LogP contribution in [0.5, 0.6) is 0 Å². The lowest BCUT2D eigenvalue weighted by molar-refractivity contribution is -0.119. The lowest BCUT2D eigenvalue weighted by atomic mass is 10.6. The van der Waals surface area contributed by atoms with Crippen LogP contribution in [0.25, 0.3) is 0 Å². The monoisotopic (exact) mass is 481 g/mol. The Kier molecular flexibility index (Phi) is 33.0. The van der Waals surface area contributed by atoms with E-state index in [9.17, 15) is 4.79 Å². The molecule has 11 nitrogen and oxygen atoms in total. The van der Waals surface area contributed by atoms with Gasteiger partial charge < -0.3 is 48.4 Å². The Morgan fingerprint density at radius 3 is 1.33 bits per heavy atom. The van der Waals surface area contributed by atoms with Gasteiger partial charge in [-0.05, 0) is 11.8 Å². The van der Waals surface area contributed by atoms with Gasteiger partial charge in [0.05, 0.1) is 72.7 Å². The van der Waals surface area contributed by atoms with E-state index in [0.29, 0.717) is 66.0 Å². The molecular weight excluding hydrogens is 441 g/mol. The highest BCUT2D eigenvalue weighted by Crippen LogP contribution is 2.35. The minimum Gasteiger partial charge on any atom is -0.400 e. The Bertz CT molecular complexity index is 388. The Morgan fingerprint density at radius 1 is 0.733 bits per heavy atom. The molecule has 0 aromatic heterocycles. The van der Waals surface area contributed by atoms with Crippen molar-refractivity contribution < 1.29 is 47.9 Å². The maximum absolute atomic E-state index is 10.6. The third kappa shape index (κ3) is 38.4. The number of hydrogen-bond acceptors (Lipinski definition) is 9. The lowest BCUT2D eigenvalue weighted by Crippen LogP contribution is -2.25. The molecule has 0 saturated heterocycles. The molecular formula is C17H40NO10PS. The summed E-state index contributed by atoms with van der Waals surface area (Å²) < 4.78 is 30.9. The van der Waals surface area contributed by atoms with Gasteiger partial charge in [0.25, 0.3) is 0 Å². The van der Waals surface area contributed by atoms with Crippen molar-refractivity contribution in [2.45, 2.75) is 20.8 Å². The maximum Gasteiger partial charge on any atom is 0.321 e. The summed E-state index contributed by atoms with van der Waals surface area (Å²) in [7, 11) is 1.00. The highest BCUT2D eigenvalue weighted by Gasteiger charge is 2.06. The molecule has 0 atom stereocenters. The molecule has 0 radical (unpaired) electrons. The average Bonchev–Trinajstić information content (AvgIpc) is 2.71. The van der Waals surface area contributed by atoms with E-state index in [0.717, 1.165) is 7.11 Å². The van der Waals surface area contributed by atoms with Gasteiger partial charge in [-0.1, -0.05) is 13.8 Å². The first-order valence-electron chi connectivity index (χ1n) is 9.70. The molecule has 0 aromatic rings. The highest BCUT2D eigenvalue weighted by atomic mass is 32.5. The highest BCUT2D eigenvalue weighted by molar-refractivity contribution is 8.06. The van der Waals surface area contributed by atoms with Crippen molar-refractivity contribution in [1.29, 1.82) is 0 Å². The SMILES string of the molecule is CC.CC(=O)NCCOCCOCCOCCOCCOCCOP(O)(O)=S.CO. The fourth-order valence-electron chi connectivity index (χ4n) is 1.50. The molecule has 0 aliphatic carbocycles. The van der Waals surface area contributed by atoms with Crippen LogP contribution in [-0.4, -0.2) is 107 Å². The van der Waals surface area contributed by atoms with Crippen LogP contribution in [0.4, 0.5) is 0 Å². The van der Waals surface area contributed by atoms with Crippen LogP contribution in [0, 0.1) is 0 Å². The normalized spacial score (nSPS) is 10.5. The van der Waals surface area contributed by atoms with Gasteiger partial charge in [0.15, 0.2) is 0 Å². The second-order valence-corrected chi connectivity index (χ2v) is 7.53. The van der Waals surface area contributed by atoms with Crippen LogP contribution >= 0.6 is 6.72 Å². The smallest absolute Gasteiger partial charge is 0.321 e. The first-order valence-corrected chi connectivity index (χ1v) is 12.3. The number of hydrogen-bond donors (Lipinski definition) is 4. The quantitative estimate of drug-likeness (QED) is 0.147. The first-order chi connectivity index (χ1) is 14.4. The van der Waals surface area contributed by atoms with Crippen molar-refractivity contribution >= 4 is 24.4 Å². The number of ether oxygens (including phenoxy) is 5. The molecule has 1 amide bonds. The van der Waals surface area contributed by atoms with Crippen molar-refractivity contribution in [3.63, 3.8) is 0 Å². The Balaban J connectivity index is -0.00000171. The Morgan fingerprint density at radius 2 is 1.03 bits per heavy atom. The molecule has 0 fully saturated rings. The number of nitrogens with one attached hydrogen (secondary N) is 1. The molecule has 184 valence electrons.